The Labute approximate surface area is 189 Å². The SMILES string of the molecule is CC#Cc1cc(C)nc(C(=O)NC(c2ncn3c2C[C@@H](F)C3)c2[nH]c3ccccc3c2F)c1. The van der Waals surface area contributed by atoms with E-state index in [0.717, 1.165) is 0 Å². The summed E-state index contributed by atoms with van der Waals surface area (Å²) in [5, 5.41) is 3.28. The Balaban J connectivity index is 1.60. The van der Waals surface area contributed by atoms with Crippen LogP contribution in [0, 0.1) is 24.6 Å². The summed E-state index contributed by atoms with van der Waals surface area (Å²) < 4.78 is 31.3. The number of para-hydroxylation sites is 1. The molecule has 1 aliphatic heterocycles. The smallest absolute Gasteiger partial charge is 0.270 e. The molecule has 0 aliphatic carbocycles. The third-order valence-corrected chi connectivity index (χ3v) is 5.75. The third-order valence-electron chi connectivity index (χ3n) is 5.75. The standard InChI is InChI=1S/C25H21F2N5O/c1-3-6-15-9-14(2)29-19(10-15)25(33)31-24(22-20-11-16(26)12-32(20)13-28-22)23-21(27)17-7-4-5-8-18(17)30-23/h4-5,7-10,13,16,24,30H,11-12H2,1-2H3,(H,31,33)/t16-,24?/m1/s1. The summed E-state index contributed by atoms with van der Waals surface area (Å²) in [6, 6.07) is 9.38. The molecule has 2 atom stereocenters. The van der Waals surface area contributed by atoms with E-state index in [1.807, 2.05) is 0 Å². The van der Waals surface area contributed by atoms with E-state index in [1.54, 1.807) is 54.8 Å². The molecule has 0 fully saturated rings. The number of hydrogen-bond acceptors (Lipinski definition) is 3. The number of hydrogen-bond donors (Lipinski definition) is 2. The van der Waals surface area contributed by atoms with Crippen LogP contribution in [-0.4, -0.2) is 31.6 Å². The van der Waals surface area contributed by atoms with Crippen molar-refractivity contribution < 1.29 is 13.6 Å². The summed E-state index contributed by atoms with van der Waals surface area (Å²) in [6.07, 6.45) is 0.644. The molecule has 33 heavy (non-hydrogen) atoms. The van der Waals surface area contributed by atoms with Crippen molar-refractivity contribution in [2.75, 3.05) is 0 Å². The third kappa shape index (κ3) is 3.76. The molecule has 0 saturated heterocycles. The molecule has 8 heteroatoms. The van der Waals surface area contributed by atoms with Crippen molar-refractivity contribution in [1.29, 1.82) is 0 Å². The van der Waals surface area contributed by atoms with Gasteiger partial charge in [0, 0.05) is 34.3 Å². The molecule has 2 N–H and O–H groups in total. The first-order valence-corrected chi connectivity index (χ1v) is 10.6. The summed E-state index contributed by atoms with van der Waals surface area (Å²) in [7, 11) is 0. The van der Waals surface area contributed by atoms with Crippen LogP contribution in [0.15, 0.2) is 42.7 Å². The zero-order chi connectivity index (χ0) is 23.1. The quantitative estimate of drug-likeness (QED) is 0.467. The van der Waals surface area contributed by atoms with Crippen LogP contribution in [0.4, 0.5) is 8.78 Å². The van der Waals surface area contributed by atoms with Crippen molar-refractivity contribution in [3.8, 4) is 11.8 Å². The number of fused-ring (bicyclic) bond motifs is 2. The molecule has 1 unspecified atom stereocenters. The van der Waals surface area contributed by atoms with Gasteiger partial charge in [-0.15, -0.1) is 5.92 Å². The summed E-state index contributed by atoms with van der Waals surface area (Å²) in [5.74, 6) is 4.75. The monoisotopic (exact) mass is 445 g/mol. The van der Waals surface area contributed by atoms with Crippen molar-refractivity contribution in [1.82, 2.24) is 24.8 Å². The number of aryl methyl sites for hydroxylation is 1. The summed E-state index contributed by atoms with van der Waals surface area (Å²) in [6.45, 7) is 3.68. The van der Waals surface area contributed by atoms with Gasteiger partial charge in [0.1, 0.15) is 17.9 Å². The highest BCUT2D eigenvalue weighted by molar-refractivity contribution is 5.93. The van der Waals surface area contributed by atoms with Crippen molar-refractivity contribution in [2.45, 2.75) is 39.0 Å². The van der Waals surface area contributed by atoms with E-state index in [4.69, 9.17) is 0 Å². The lowest BCUT2D eigenvalue weighted by molar-refractivity contribution is 0.0936. The number of pyridine rings is 1. The summed E-state index contributed by atoms with van der Waals surface area (Å²) >= 11 is 0. The van der Waals surface area contributed by atoms with Gasteiger partial charge in [-0.3, -0.25) is 4.79 Å². The van der Waals surface area contributed by atoms with Crippen LogP contribution in [0.25, 0.3) is 10.9 Å². The number of carbonyl (C=O) groups is 1. The lowest BCUT2D eigenvalue weighted by Gasteiger charge is -2.18. The van der Waals surface area contributed by atoms with Crippen LogP contribution < -0.4 is 5.32 Å². The van der Waals surface area contributed by atoms with Gasteiger partial charge < -0.3 is 14.9 Å². The molecule has 0 radical (unpaired) electrons. The number of aromatic amines is 1. The van der Waals surface area contributed by atoms with E-state index in [9.17, 15) is 9.18 Å². The van der Waals surface area contributed by atoms with E-state index in [2.05, 4.69) is 32.1 Å². The van der Waals surface area contributed by atoms with Crippen molar-refractivity contribution in [2.24, 2.45) is 0 Å². The summed E-state index contributed by atoms with van der Waals surface area (Å²) in [4.78, 5) is 25.1. The molecule has 166 valence electrons. The lowest BCUT2D eigenvalue weighted by atomic mass is 10.1. The molecule has 3 aromatic heterocycles. The predicted octanol–water partition coefficient (Wildman–Crippen LogP) is 3.99. The van der Waals surface area contributed by atoms with Gasteiger partial charge >= 0.3 is 0 Å². The van der Waals surface area contributed by atoms with Crippen LogP contribution in [-0.2, 0) is 13.0 Å². The zero-order valence-corrected chi connectivity index (χ0v) is 18.1. The molecular formula is C25H21F2N5O. The van der Waals surface area contributed by atoms with Gasteiger partial charge in [0.25, 0.3) is 5.91 Å². The van der Waals surface area contributed by atoms with Crippen LogP contribution in [0.2, 0.25) is 0 Å². The minimum absolute atomic E-state index is 0.155. The number of rotatable bonds is 4. The Morgan fingerprint density at radius 1 is 1.33 bits per heavy atom. The van der Waals surface area contributed by atoms with Gasteiger partial charge in [0.15, 0.2) is 5.82 Å². The number of imidazole rings is 1. The predicted molar refractivity (Wildman–Crippen MR) is 120 cm³/mol. The lowest BCUT2D eigenvalue weighted by Crippen LogP contribution is -2.32. The van der Waals surface area contributed by atoms with Gasteiger partial charge in [-0.25, -0.2) is 18.7 Å². The average Bonchev–Trinajstić information content (AvgIpc) is 3.44. The second-order valence-electron chi connectivity index (χ2n) is 8.09. The maximum absolute atomic E-state index is 15.5. The van der Waals surface area contributed by atoms with E-state index < -0.39 is 23.9 Å². The Kier molecular flexibility index (Phi) is 5.17. The molecule has 1 amide bonds. The van der Waals surface area contributed by atoms with Gasteiger partial charge in [0.05, 0.1) is 24.3 Å². The average molecular weight is 445 g/mol. The van der Waals surface area contributed by atoms with Crippen molar-refractivity contribution in [3.63, 3.8) is 0 Å². The Morgan fingerprint density at radius 3 is 2.94 bits per heavy atom. The molecular weight excluding hydrogens is 424 g/mol. The first-order valence-electron chi connectivity index (χ1n) is 10.6. The number of nitrogens with one attached hydrogen (secondary N) is 2. The van der Waals surface area contributed by atoms with E-state index >= 15 is 4.39 Å². The maximum atomic E-state index is 15.5. The van der Waals surface area contributed by atoms with E-state index in [-0.39, 0.29) is 24.4 Å². The molecule has 5 rings (SSSR count). The van der Waals surface area contributed by atoms with Crippen molar-refractivity contribution in [3.05, 3.63) is 82.6 Å². The molecule has 0 saturated carbocycles. The van der Waals surface area contributed by atoms with Crippen LogP contribution in [0.3, 0.4) is 0 Å². The Bertz CT molecular complexity index is 1440. The second kappa shape index (κ2) is 8.17. The number of nitrogens with zero attached hydrogens (tertiary/aromatic N) is 3. The van der Waals surface area contributed by atoms with Gasteiger partial charge in [-0.2, -0.15) is 0 Å². The number of halogens is 2. The fourth-order valence-corrected chi connectivity index (χ4v) is 4.34. The first-order chi connectivity index (χ1) is 15.9. The van der Waals surface area contributed by atoms with Gasteiger partial charge in [-0.1, -0.05) is 18.1 Å². The number of aromatic nitrogens is 4. The Hall–Kier alpha value is -3.99. The fourth-order valence-electron chi connectivity index (χ4n) is 4.34. The molecule has 0 bridgehead atoms. The highest BCUT2D eigenvalue weighted by Crippen LogP contribution is 2.33. The number of H-pyrrole nitrogens is 1. The minimum Gasteiger partial charge on any atom is -0.354 e. The van der Waals surface area contributed by atoms with E-state index in [0.29, 0.717) is 33.5 Å². The normalized spacial score (nSPS) is 15.7. The number of amides is 1. The maximum Gasteiger partial charge on any atom is 0.270 e. The topological polar surface area (TPSA) is 75.6 Å². The molecule has 4 heterocycles. The highest BCUT2D eigenvalue weighted by atomic mass is 19.1. The molecule has 1 aliphatic rings. The molecule has 4 aromatic rings. The first kappa shape index (κ1) is 20.9. The zero-order valence-electron chi connectivity index (χ0n) is 18.1. The van der Waals surface area contributed by atoms with Gasteiger partial charge in [0.2, 0.25) is 0 Å². The largest absolute Gasteiger partial charge is 0.354 e. The molecule has 1 aromatic carbocycles. The van der Waals surface area contributed by atoms with Crippen LogP contribution in [0.1, 0.15) is 51.8 Å². The number of carbonyl (C=O) groups excluding carboxylic acids is 1. The second-order valence-corrected chi connectivity index (χ2v) is 8.09. The number of alkyl halides is 1. The summed E-state index contributed by atoms with van der Waals surface area (Å²) in [5.41, 5.74) is 3.26. The van der Waals surface area contributed by atoms with Gasteiger partial charge in [-0.05, 0) is 38.1 Å². The van der Waals surface area contributed by atoms with Crippen LogP contribution in [0.5, 0.6) is 0 Å². The molecule has 6 nitrogen and oxygen atoms in total. The highest BCUT2D eigenvalue weighted by Gasteiger charge is 2.33. The minimum atomic E-state index is -1.04. The molecule has 0 spiro atoms. The Morgan fingerprint density at radius 2 is 2.15 bits per heavy atom. The van der Waals surface area contributed by atoms with E-state index in [1.165, 1.54) is 6.33 Å². The van der Waals surface area contributed by atoms with Crippen molar-refractivity contribution >= 4 is 16.8 Å². The van der Waals surface area contributed by atoms with Crippen LogP contribution >= 0.6 is 0 Å². The number of benzene rings is 1. The fraction of sp³-hybridized carbons (Fsp3) is 0.240.